The van der Waals surface area contributed by atoms with Crippen LogP contribution in [0, 0.1) is 11.8 Å². The Morgan fingerprint density at radius 3 is 2.90 bits per heavy atom. The van der Waals surface area contributed by atoms with Crippen molar-refractivity contribution < 1.29 is 9.53 Å². The first-order valence-corrected chi connectivity index (χ1v) is 3.92. The molecule has 1 aliphatic rings. The Bertz CT molecular complexity index is 131. The molecule has 2 atom stereocenters. The number of rotatable bonds is 2. The fraction of sp³-hybridized carbons (Fsp3) is 0.875. The number of carbonyl (C=O) groups excluding carboxylic acids is 1. The van der Waals surface area contributed by atoms with Crippen molar-refractivity contribution in [2.45, 2.75) is 26.7 Å². The third-order valence-electron chi connectivity index (χ3n) is 2.31. The molecule has 0 aromatic rings. The van der Waals surface area contributed by atoms with E-state index < -0.39 is 0 Å². The van der Waals surface area contributed by atoms with Crippen molar-refractivity contribution in [1.82, 2.24) is 0 Å². The second-order valence-electron chi connectivity index (χ2n) is 2.95. The molecule has 0 amide bonds. The summed E-state index contributed by atoms with van der Waals surface area (Å²) < 4.78 is 4.85. The van der Waals surface area contributed by atoms with Gasteiger partial charge in [-0.3, -0.25) is 4.79 Å². The average molecular weight is 142 g/mol. The molecule has 0 spiro atoms. The summed E-state index contributed by atoms with van der Waals surface area (Å²) in [5, 5.41) is 0. The van der Waals surface area contributed by atoms with Gasteiger partial charge in [0.25, 0.3) is 0 Å². The van der Waals surface area contributed by atoms with E-state index in [4.69, 9.17) is 4.74 Å². The fourth-order valence-electron chi connectivity index (χ4n) is 1.31. The molecule has 1 rings (SSSR count). The Hall–Kier alpha value is -0.530. The van der Waals surface area contributed by atoms with E-state index in [0.29, 0.717) is 12.5 Å². The molecule has 1 fully saturated rings. The van der Waals surface area contributed by atoms with Gasteiger partial charge in [0.05, 0.1) is 12.5 Å². The minimum Gasteiger partial charge on any atom is -0.465 e. The Labute approximate surface area is 61.6 Å². The minimum atomic E-state index is 0.00866. The molecule has 10 heavy (non-hydrogen) atoms. The number of esters is 1. The molecule has 0 N–H and O–H groups in total. The summed E-state index contributed by atoms with van der Waals surface area (Å²) in [5.41, 5.74) is 0. The average Bonchev–Trinajstić information content (AvgIpc) is 2.34. The molecule has 1 aliphatic heterocycles. The molecule has 58 valence electrons. The molecule has 0 saturated carbocycles. The number of carbonyl (C=O) groups is 1. The van der Waals surface area contributed by atoms with Crippen molar-refractivity contribution in [3.8, 4) is 0 Å². The highest BCUT2D eigenvalue weighted by Crippen LogP contribution is 2.24. The molecule has 0 aromatic heterocycles. The lowest BCUT2D eigenvalue weighted by Crippen LogP contribution is -2.15. The minimum absolute atomic E-state index is 0.00866. The molecule has 2 heteroatoms. The summed E-state index contributed by atoms with van der Waals surface area (Å²) in [6.07, 6.45) is 1.99. The van der Waals surface area contributed by atoms with E-state index >= 15 is 0 Å². The summed E-state index contributed by atoms with van der Waals surface area (Å²) in [7, 11) is 0. The van der Waals surface area contributed by atoms with Gasteiger partial charge < -0.3 is 4.74 Å². The molecule has 2 nitrogen and oxygen atoms in total. The predicted octanol–water partition coefficient (Wildman–Crippen LogP) is 1.60. The summed E-state index contributed by atoms with van der Waals surface area (Å²) in [5.74, 6) is 0.689. The van der Waals surface area contributed by atoms with Crippen molar-refractivity contribution in [3.05, 3.63) is 0 Å². The Balaban J connectivity index is 2.46. The third kappa shape index (κ3) is 1.31. The van der Waals surface area contributed by atoms with Crippen molar-refractivity contribution >= 4 is 5.97 Å². The van der Waals surface area contributed by atoms with E-state index in [0.717, 1.165) is 12.8 Å². The van der Waals surface area contributed by atoms with Gasteiger partial charge in [0.15, 0.2) is 0 Å². The monoisotopic (exact) mass is 142 g/mol. The Morgan fingerprint density at radius 2 is 2.50 bits per heavy atom. The number of ether oxygens (including phenoxy) is 1. The summed E-state index contributed by atoms with van der Waals surface area (Å²) in [6, 6.07) is 0. The van der Waals surface area contributed by atoms with Gasteiger partial charge in [0, 0.05) is 0 Å². The smallest absolute Gasteiger partial charge is 0.309 e. The van der Waals surface area contributed by atoms with Gasteiger partial charge in [0.1, 0.15) is 0 Å². The largest absolute Gasteiger partial charge is 0.465 e. The first-order valence-electron chi connectivity index (χ1n) is 3.92. The van der Waals surface area contributed by atoms with Crippen LogP contribution in [-0.2, 0) is 9.53 Å². The van der Waals surface area contributed by atoms with E-state index in [1.807, 2.05) is 0 Å². The molecule has 0 unspecified atom stereocenters. The van der Waals surface area contributed by atoms with Crippen LogP contribution in [0.2, 0.25) is 0 Å². The zero-order valence-electron chi connectivity index (χ0n) is 6.59. The molecule has 0 aliphatic carbocycles. The van der Waals surface area contributed by atoms with Crippen LogP contribution in [0.1, 0.15) is 26.7 Å². The maximum atomic E-state index is 11.0. The third-order valence-corrected chi connectivity index (χ3v) is 2.31. The summed E-state index contributed by atoms with van der Waals surface area (Å²) >= 11 is 0. The maximum Gasteiger partial charge on any atom is 0.309 e. The van der Waals surface area contributed by atoms with Crippen molar-refractivity contribution in [1.29, 1.82) is 0 Å². The van der Waals surface area contributed by atoms with Gasteiger partial charge in [-0.25, -0.2) is 0 Å². The summed E-state index contributed by atoms with van der Waals surface area (Å²) in [4.78, 5) is 11.0. The van der Waals surface area contributed by atoms with Crippen LogP contribution in [0.5, 0.6) is 0 Å². The Kier molecular flexibility index (Phi) is 2.30. The highest BCUT2D eigenvalue weighted by Gasteiger charge is 2.30. The lowest BCUT2D eigenvalue weighted by molar-refractivity contribution is -0.142. The molecule has 0 radical (unpaired) electrons. The van der Waals surface area contributed by atoms with Crippen molar-refractivity contribution in [2.24, 2.45) is 11.8 Å². The van der Waals surface area contributed by atoms with Crippen LogP contribution in [0.15, 0.2) is 0 Å². The molecule has 0 bridgehead atoms. The van der Waals surface area contributed by atoms with Crippen LogP contribution in [0.25, 0.3) is 0 Å². The molecule has 1 heterocycles. The van der Waals surface area contributed by atoms with Crippen LogP contribution < -0.4 is 0 Å². The normalized spacial score (nSPS) is 28.2. The topological polar surface area (TPSA) is 26.3 Å². The van der Waals surface area contributed by atoms with E-state index in [1.165, 1.54) is 0 Å². The van der Waals surface area contributed by atoms with Crippen LogP contribution in [-0.4, -0.2) is 12.6 Å². The SMILES string of the molecule is CC[C@@H](C)[C@@H]1CCOC1=O. The first-order chi connectivity index (χ1) is 4.75. The van der Waals surface area contributed by atoms with Gasteiger partial charge in [-0.1, -0.05) is 20.3 Å². The van der Waals surface area contributed by atoms with Crippen molar-refractivity contribution in [3.63, 3.8) is 0 Å². The lowest BCUT2D eigenvalue weighted by Gasteiger charge is -2.11. The van der Waals surface area contributed by atoms with Crippen LogP contribution in [0.3, 0.4) is 0 Å². The zero-order valence-corrected chi connectivity index (χ0v) is 6.59. The highest BCUT2D eigenvalue weighted by molar-refractivity contribution is 5.74. The van der Waals surface area contributed by atoms with Gasteiger partial charge >= 0.3 is 5.97 Å². The molecular weight excluding hydrogens is 128 g/mol. The number of hydrogen-bond acceptors (Lipinski definition) is 2. The maximum absolute atomic E-state index is 11.0. The van der Waals surface area contributed by atoms with Gasteiger partial charge in [-0.2, -0.15) is 0 Å². The van der Waals surface area contributed by atoms with Gasteiger partial charge in [-0.15, -0.1) is 0 Å². The second-order valence-corrected chi connectivity index (χ2v) is 2.95. The fourth-order valence-corrected chi connectivity index (χ4v) is 1.31. The van der Waals surface area contributed by atoms with E-state index in [2.05, 4.69) is 13.8 Å². The second kappa shape index (κ2) is 3.04. The summed E-state index contributed by atoms with van der Waals surface area (Å²) in [6.45, 7) is 4.85. The van der Waals surface area contributed by atoms with Crippen molar-refractivity contribution in [2.75, 3.05) is 6.61 Å². The number of hydrogen-bond donors (Lipinski definition) is 0. The molecular formula is C8H14O2. The van der Waals surface area contributed by atoms with Crippen LogP contribution in [0.4, 0.5) is 0 Å². The standard InChI is InChI=1S/C8H14O2/c1-3-6(2)7-4-5-10-8(7)9/h6-7H,3-5H2,1-2H3/t6-,7+/m1/s1. The van der Waals surface area contributed by atoms with E-state index in [9.17, 15) is 4.79 Å². The van der Waals surface area contributed by atoms with E-state index in [1.54, 1.807) is 0 Å². The van der Waals surface area contributed by atoms with Crippen LogP contribution >= 0.6 is 0 Å². The number of cyclic esters (lactones) is 1. The zero-order chi connectivity index (χ0) is 7.56. The highest BCUT2D eigenvalue weighted by atomic mass is 16.5. The quantitative estimate of drug-likeness (QED) is 0.547. The van der Waals surface area contributed by atoms with Gasteiger partial charge in [0.2, 0.25) is 0 Å². The molecule has 0 aromatic carbocycles. The Morgan fingerprint density at radius 1 is 1.80 bits per heavy atom. The van der Waals surface area contributed by atoms with E-state index in [-0.39, 0.29) is 11.9 Å². The predicted molar refractivity (Wildman–Crippen MR) is 38.5 cm³/mol. The molecule has 1 saturated heterocycles. The lowest BCUT2D eigenvalue weighted by atomic mass is 9.91. The first kappa shape index (κ1) is 7.58. The van der Waals surface area contributed by atoms with Gasteiger partial charge in [-0.05, 0) is 12.3 Å².